The summed E-state index contributed by atoms with van der Waals surface area (Å²) >= 11 is 2.96. The monoisotopic (exact) mass is 294 g/mol. The van der Waals surface area contributed by atoms with Gasteiger partial charge in [-0.1, -0.05) is 13.3 Å². The van der Waals surface area contributed by atoms with Gasteiger partial charge < -0.3 is 5.11 Å². The molecule has 2 rings (SSSR count). The maximum Gasteiger partial charge on any atom is 0.335 e. The van der Waals surface area contributed by atoms with E-state index in [4.69, 9.17) is 5.11 Å². The highest BCUT2D eigenvalue weighted by molar-refractivity contribution is 8.01. The fourth-order valence-electron chi connectivity index (χ4n) is 1.59. The topological polar surface area (TPSA) is 63.1 Å². The van der Waals surface area contributed by atoms with Gasteiger partial charge in [0.2, 0.25) is 0 Å². The van der Waals surface area contributed by atoms with E-state index in [0.29, 0.717) is 5.03 Å². The molecule has 4 nitrogen and oxygen atoms in total. The summed E-state index contributed by atoms with van der Waals surface area (Å²) in [5, 5.41) is 11.8. The standard InChI is InChI=1S/C13H14N2O2S2/c1-3-4-10-5-9(12(16)17)6-11(15-10)19-13-14-8(2)7-18-13/h5-7H,3-4H2,1-2H3,(H,16,17). The van der Waals surface area contributed by atoms with Gasteiger partial charge in [0.05, 0.1) is 5.56 Å². The molecule has 0 unspecified atom stereocenters. The molecule has 0 saturated carbocycles. The number of thiazole rings is 1. The third-order valence-electron chi connectivity index (χ3n) is 2.40. The van der Waals surface area contributed by atoms with Crippen molar-refractivity contribution in [1.29, 1.82) is 0 Å². The van der Waals surface area contributed by atoms with Gasteiger partial charge in [-0.3, -0.25) is 0 Å². The van der Waals surface area contributed by atoms with Crippen molar-refractivity contribution in [2.24, 2.45) is 0 Å². The summed E-state index contributed by atoms with van der Waals surface area (Å²) in [6.45, 7) is 3.98. The van der Waals surface area contributed by atoms with Crippen LogP contribution in [0.2, 0.25) is 0 Å². The van der Waals surface area contributed by atoms with E-state index in [-0.39, 0.29) is 5.56 Å². The highest BCUT2D eigenvalue weighted by Gasteiger charge is 2.10. The summed E-state index contributed by atoms with van der Waals surface area (Å²) in [7, 11) is 0. The minimum absolute atomic E-state index is 0.286. The molecule has 0 amide bonds. The SMILES string of the molecule is CCCc1cc(C(=O)O)cc(Sc2nc(C)cs2)n1. The quantitative estimate of drug-likeness (QED) is 0.912. The summed E-state index contributed by atoms with van der Waals surface area (Å²) < 4.78 is 0.884. The summed E-state index contributed by atoms with van der Waals surface area (Å²) in [5.74, 6) is -0.920. The van der Waals surface area contributed by atoms with Gasteiger partial charge in [-0.15, -0.1) is 11.3 Å². The van der Waals surface area contributed by atoms with Crippen LogP contribution < -0.4 is 0 Å². The molecule has 0 aliphatic carbocycles. The van der Waals surface area contributed by atoms with Crippen molar-refractivity contribution >= 4 is 29.1 Å². The number of carboxylic acid groups (broad SMARTS) is 1. The number of hydrogen-bond acceptors (Lipinski definition) is 5. The molecule has 0 aliphatic rings. The Morgan fingerprint density at radius 1 is 1.42 bits per heavy atom. The van der Waals surface area contributed by atoms with Crippen molar-refractivity contribution in [2.45, 2.75) is 36.1 Å². The Balaban J connectivity index is 2.30. The van der Waals surface area contributed by atoms with Gasteiger partial charge in [0.1, 0.15) is 5.03 Å². The van der Waals surface area contributed by atoms with Gasteiger partial charge in [-0.2, -0.15) is 0 Å². The third-order valence-corrected chi connectivity index (χ3v) is 4.37. The van der Waals surface area contributed by atoms with Gasteiger partial charge in [0.25, 0.3) is 0 Å². The molecule has 0 aliphatic heterocycles. The molecular weight excluding hydrogens is 280 g/mol. The molecule has 1 N–H and O–H groups in total. The number of aromatic nitrogens is 2. The Morgan fingerprint density at radius 3 is 2.79 bits per heavy atom. The number of aromatic carboxylic acids is 1. The van der Waals surface area contributed by atoms with E-state index in [0.717, 1.165) is 28.6 Å². The number of carbonyl (C=O) groups is 1. The molecule has 2 aromatic heterocycles. The highest BCUT2D eigenvalue weighted by Crippen LogP contribution is 2.29. The molecule has 0 bridgehead atoms. The summed E-state index contributed by atoms with van der Waals surface area (Å²) in [4.78, 5) is 19.9. The Morgan fingerprint density at radius 2 is 2.21 bits per heavy atom. The van der Waals surface area contributed by atoms with Crippen molar-refractivity contribution in [3.8, 4) is 0 Å². The van der Waals surface area contributed by atoms with Crippen LogP contribution in [0.15, 0.2) is 26.9 Å². The number of nitrogens with zero attached hydrogens (tertiary/aromatic N) is 2. The van der Waals surface area contributed by atoms with Crippen LogP contribution in [0, 0.1) is 6.92 Å². The van der Waals surface area contributed by atoms with Gasteiger partial charge in [0, 0.05) is 16.8 Å². The Labute approximate surface area is 119 Å². The van der Waals surface area contributed by atoms with E-state index in [1.807, 2.05) is 19.2 Å². The average Bonchev–Trinajstić information content (AvgIpc) is 2.75. The maximum absolute atomic E-state index is 11.1. The Hall–Kier alpha value is -1.40. The molecule has 6 heteroatoms. The van der Waals surface area contributed by atoms with Crippen molar-refractivity contribution < 1.29 is 9.90 Å². The minimum Gasteiger partial charge on any atom is -0.478 e. The van der Waals surface area contributed by atoms with Crippen molar-refractivity contribution in [3.63, 3.8) is 0 Å². The summed E-state index contributed by atoms with van der Waals surface area (Å²) in [5.41, 5.74) is 2.07. The molecule has 100 valence electrons. The predicted molar refractivity (Wildman–Crippen MR) is 76.2 cm³/mol. The van der Waals surface area contributed by atoms with Crippen LogP contribution in [-0.4, -0.2) is 21.0 Å². The number of pyridine rings is 1. The lowest BCUT2D eigenvalue weighted by Gasteiger charge is -2.04. The first-order valence-corrected chi connectivity index (χ1v) is 7.62. The number of rotatable bonds is 5. The second kappa shape index (κ2) is 6.16. The Bertz CT molecular complexity index is 596. The molecule has 0 saturated heterocycles. The fraction of sp³-hybridized carbons (Fsp3) is 0.308. The van der Waals surface area contributed by atoms with Gasteiger partial charge >= 0.3 is 5.97 Å². The minimum atomic E-state index is -0.920. The highest BCUT2D eigenvalue weighted by atomic mass is 32.2. The summed E-state index contributed by atoms with van der Waals surface area (Å²) in [6.07, 6.45) is 1.72. The molecule has 19 heavy (non-hydrogen) atoms. The van der Waals surface area contributed by atoms with E-state index in [1.54, 1.807) is 23.5 Å². The van der Waals surface area contributed by atoms with Crippen molar-refractivity contribution in [1.82, 2.24) is 9.97 Å². The van der Waals surface area contributed by atoms with Gasteiger partial charge in [-0.05, 0) is 37.2 Å². The maximum atomic E-state index is 11.1. The van der Waals surface area contributed by atoms with Crippen LogP contribution in [0.25, 0.3) is 0 Å². The second-order valence-corrected chi connectivity index (χ2v) is 6.22. The van der Waals surface area contributed by atoms with Crippen LogP contribution in [0.1, 0.15) is 35.1 Å². The molecule has 0 fully saturated rings. The van der Waals surface area contributed by atoms with Crippen LogP contribution >= 0.6 is 23.1 Å². The van der Waals surface area contributed by atoms with Crippen LogP contribution in [0.3, 0.4) is 0 Å². The van der Waals surface area contributed by atoms with Gasteiger partial charge in [0.15, 0.2) is 4.34 Å². The molecule has 0 aromatic carbocycles. The number of aryl methyl sites for hydroxylation is 2. The number of carboxylic acids is 1. The fourth-order valence-corrected chi connectivity index (χ4v) is 3.42. The van der Waals surface area contributed by atoms with E-state index >= 15 is 0 Å². The van der Waals surface area contributed by atoms with E-state index in [1.165, 1.54) is 11.8 Å². The molecule has 0 radical (unpaired) electrons. The third kappa shape index (κ3) is 3.78. The molecular formula is C13H14N2O2S2. The molecule has 2 heterocycles. The zero-order valence-electron chi connectivity index (χ0n) is 10.7. The largest absolute Gasteiger partial charge is 0.478 e. The van der Waals surface area contributed by atoms with Crippen LogP contribution in [0.5, 0.6) is 0 Å². The second-order valence-electron chi connectivity index (χ2n) is 4.10. The lowest BCUT2D eigenvalue weighted by Crippen LogP contribution is -2.01. The first kappa shape index (κ1) is 14.0. The van der Waals surface area contributed by atoms with Crippen LogP contribution in [-0.2, 0) is 6.42 Å². The lowest BCUT2D eigenvalue weighted by atomic mass is 10.2. The zero-order valence-corrected chi connectivity index (χ0v) is 12.3. The molecule has 0 spiro atoms. The molecule has 0 atom stereocenters. The Kier molecular flexibility index (Phi) is 4.55. The lowest BCUT2D eigenvalue weighted by molar-refractivity contribution is 0.0696. The predicted octanol–water partition coefficient (Wildman–Crippen LogP) is 3.65. The van der Waals surface area contributed by atoms with Crippen molar-refractivity contribution in [3.05, 3.63) is 34.5 Å². The van der Waals surface area contributed by atoms with E-state index in [9.17, 15) is 4.79 Å². The smallest absolute Gasteiger partial charge is 0.335 e. The molecule has 2 aromatic rings. The normalized spacial score (nSPS) is 10.6. The van der Waals surface area contributed by atoms with E-state index < -0.39 is 5.97 Å². The average molecular weight is 294 g/mol. The first-order valence-electron chi connectivity index (χ1n) is 5.92. The van der Waals surface area contributed by atoms with Gasteiger partial charge in [-0.25, -0.2) is 14.8 Å². The van der Waals surface area contributed by atoms with Crippen LogP contribution in [0.4, 0.5) is 0 Å². The zero-order chi connectivity index (χ0) is 13.8. The first-order chi connectivity index (χ1) is 9.08. The van der Waals surface area contributed by atoms with Crippen molar-refractivity contribution in [2.75, 3.05) is 0 Å². The van der Waals surface area contributed by atoms with E-state index in [2.05, 4.69) is 9.97 Å². The summed E-state index contributed by atoms with van der Waals surface area (Å²) in [6, 6.07) is 3.24. The number of hydrogen-bond donors (Lipinski definition) is 1.